The van der Waals surface area contributed by atoms with E-state index >= 15 is 0 Å². The summed E-state index contributed by atoms with van der Waals surface area (Å²) in [5.41, 5.74) is 3.33. The number of hydrogen-bond acceptors (Lipinski definition) is 5. The number of aromatic nitrogens is 2. The van der Waals surface area contributed by atoms with Crippen molar-refractivity contribution in [2.45, 2.75) is 31.0 Å². The minimum Gasteiger partial charge on any atom is -0.493 e. The third-order valence-electron chi connectivity index (χ3n) is 5.98. The van der Waals surface area contributed by atoms with E-state index in [1.165, 1.54) is 11.8 Å². The number of rotatable bonds is 6. The molecule has 1 unspecified atom stereocenters. The van der Waals surface area contributed by atoms with Crippen LogP contribution in [0.1, 0.15) is 30.5 Å². The molecule has 4 aromatic rings. The van der Waals surface area contributed by atoms with Gasteiger partial charge >= 0.3 is 0 Å². The summed E-state index contributed by atoms with van der Waals surface area (Å²) in [7, 11) is 0. The smallest absolute Gasteiger partial charge is 0.266 e. The first kappa shape index (κ1) is 22.2. The van der Waals surface area contributed by atoms with E-state index in [4.69, 9.17) is 9.72 Å². The number of benzene rings is 3. The fourth-order valence-electron chi connectivity index (χ4n) is 4.31. The second kappa shape index (κ2) is 9.73. The zero-order valence-corrected chi connectivity index (χ0v) is 19.7. The van der Waals surface area contributed by atoms with E-state index in [-0.39, 0.29) is 23.3 Å². The van der Waals surface area contributed by atoms with Crippen LogP contribution in [0.25, 0.3) is 16.6 Å². The van der Waals surface area contributed by atoms with Crippen LogP contribution in [0.2, 0.25) is 0 Å². The van der Waals surface area contributed by atoms with Crippen LogP contribution in [0.15, 0.2) is 82.7 Å². The number of carbonyl (C=O) groups is 1. The van der Waals surface area contributed by atoms with Crippen LogP contribution >= 0.6 is 11.8 Å². The molecule has 0 fully saturated rings. The van der Waals surface area contributed by atoms with Gasteiger partial charge in [0.15, 0.2) is 5.16 Å². The van der Waals surface area contributed by atoms with Gasteiger partial charge < -0.3 is 10.1 Å². The van der Waals surface area contributed by atoms with Crippen LogP contribution in [0.5, 0.6) is 5.75 Å². The Hall–Kier alpha value is -3.58. The highest BCUT2D eigenvalue weighted by atomic mass is 32.2. The van der Waals surface area contributed by atoms with Crippen molar-refractivity contribution in [2.24, 2.45) is 0 Å². The highest BCUT2D eigenvalue weighted by molar-refractivity contribution is 7.99. The molecule has 1 amide bonds. The molecule has 0 spiro atoms. The van der Waals surface area contributed by atoms with Crippen molar-refractivity contribution in [3.05, 3.63) is 94.3 Å². The molecular formula is C27H25N3O3S. The fourth-order valence-corrected chi connectivity index (χ4v) is 5.12. The van der Waals surface area contributed by atoms with Crippen molar-refractivity contribution in [1.29, 1.82) is 0 Å². The van der Waals surface area contributed by atoms with E-state index < -0.39 is 0 Å². The van der Waals surface area contributed by atoms with Crippen LogP contribution < -0.4 is 15.6 Å². The summed E-state index contributed by atoms with van der Waals surface area (Å²) in [4.78, 5) is 31.2. The molecule has 1 atom stereocenters. The first-order valence-corrected chi connectivity index (χ1v) is 12.4. The Morgan fingerprint density at radius 2 is 1.85 bits per heavy atom. The normalized spacial score (nSPS) is 14.9. The lowest BCUT2D eigenvalue weighted by molar-refractivity contribution is -0.119. The van der Waals surface area contributed by atoms with Crippen molar-refractivity contribution < 1.29 is 9.53 Å². The van der Waals surface area contributed by atoms with Gasteiger partial charge in [-0.05, 0) is 36.2 Å². The summed E-state index contributed by atoms with van der Waals surface area (Å²) in [6, 6.07) is 22.8. The van der Waals surface area contributed by atoms with Gasteiger partial charge in [0, 0.05) is 12.0 Å². The van der Waals surface area contributed by atoms with Crippen LogP contribution in [-0.2, 0) is 11.2 Å². The van der Waals surface area contributed by atoms with Gasteiger partial charge in [-0.1, -0.05) is 67.2 Å². The van der Waals surface area contributed by atoms with Gasteiger partial charge in [0.05, 0.1) is 35.0 Å². The molecule has 0 aliphatic carbocycles. The van der Waals surface area contributed by atoms with E-state index in [2.05, 4.69) is 12.2 Å². The molecular weight excluding hydrogens is 446 g/mol. The molecule has 7 heteroatoms. The van der Waals surface area contributed by atoms with Gasteiger partial charge in [-0.15, -0.1) is 0 Å². The standard InChI is InChI=1S/C27H25N3O3S/c1-2-18-9-3-7-13-23(18)30-26(32)20-11-4-6-12-21(20)29-27(30)34-17-25(31)28-22-15-16-33-24-14-8-5-10-19(22)24/h3-14,22H,2,15-17H2,1H3,(H,28,31). The van der Waals surface area contributed by atoms with Gasteiger partial charge in [-0.25, -0.2) is 4.98 Å². The first-order chi connectivity index (χ1) is 16.7. The van der Waals surface area contributed by atoms with Crippen LogP contribution in [-0.4, -0.2) is 27.8 Å². The molecule has 0 saturated heterocycles. The number of nitrogens with one attached hydrogen (secondary N) is 1. The highest BCUT2D eigenvalue weighted by Gasteiger charge is 2.23. The van der Waals surface area contributed by atoms with E-state index in [1.807, 2.05) is 66.7 Å². The predicted octanol–water partition coefficient (Wildman–Crippen LogP) is 4.68. The maximum absolute atomic E-state index is 13.5. The monoisotopic (exact) mass is 471 g/mol. The van der Waals surface area contributed by atoms with Gasteiger partial charge in [0.1, 0.15) is 5.75 Å². The molecule has 0 radical (unpaired) electrons. The Labute approximate surface area is 202 Å². The Bertz CT molecular complexity index is 1420. The third-order valence-corrected chi connectivity index (χ3v) is 6.92. The van der Waals surface area contributed by atoms with Gasteiger partial charge in [0.25, 0.3) is 5.56 Å². The molecule has 0 bridgehead atoms. The number of aryl methyl sites for hydroxylation is 1. The number of fused-ring (bicyclic) bond motifs is 2. The van der Waals surface area contributed by atoms with Crippen molar-refractivity contribution in [3.63, 3.8) is 0 Å². The number of para-hydroxylation sites is 3. The lowest BCUT2D eigenvalue weighted by Crippen LogP contribution is -2.33. The second-order valence-corrected chi connectivity index (χ2v) is 9.06. The second-order valence-electron chi connectivity index (χ2n) is 8.12. The summed E-state index contributed by atoms with van der Waals surface area (Å²) in [5.74, 6) is 0.857. The lowest BCUT2D eigenvalue weighted by Gasteiger charge is -2.26. The number of carbonyl (C=O) groups excluding carboxylic acids is 1. The molecule has 1 aliphatic heterocycles. The van der Waals surface area contributed by atoms with Crippen molar-refractivity contribution >= 4 is 28.6 Å². The van der Waals surface area contributed by atoms with E-state index in [9.17, 15) is 9.59 Å². The van der Waals surface area contributed by atoms with Gasteiger partial charge in [-0.3, -0.25) is 14.2 Å². The largest absolute Gasteiger partial charge is 0.493 e. The number of amides is 1. The molecule has 6 nitrogen and oxygen atoms in total. The summed E-state index contributed by atoms with van der Waals surface area (Å²) >= 11 is 1.28. The van der Waals surface area contributed by atoms with Gasteiger partial charge in [0.2, 0.25) is 5.91 Å². The lowest BCUT2D eigenvalue weighted by atomic mass is 10.0. The topological polar surface area (TPSA) is 73.2 Å². The Morgan fingerprint density at radius 3 is 2.74 bits per heavy atom. The average molecular weight is 472 g/mol. The maximum atomic E-state index is 13.5. The highest BCUT2D eigenvalue weighted by Crippen LogP contribution is 2.32. The molecule has 34 heavy (non-hydrogen) atoms. The quantitative estimate of drug-likeness (QED) is 0.327. The van der Waals surface area contributed by atoms with Crippen molar-refractivity contribution in [1.82, 2.24) is 14.9 Å². The molecule has 2 heterocycles. The average Bonchev–Trinajstić information content (AvgIpc) is 2.88. The Morgan fingerprint density at radius 1 is 1.09 bits per heavy atom. The number of ether oxygens (including phenoxy) is 1. The molecule has 5 rings (SSSR count). The van der Waals surface area contributed by atoms with Crippen LogP contribution in [0.4, 0.5) is 0 Å². The van der Waals surface area contributed by atoms with Crippen molar-refractivity contribution in [3.8, 4) is 11.4 Å². The predicted molar refractivity (Wildman–Crippen MR) is 135 cm³/mol. The van der Waals surface area contributed by atoms with E-state index in [1.54, 1.807) is 10.6 Å². The molecule has 0 saturated carbocycles. The Balaban J connectivity index is 1.45. The number of nitrogens with zero attached hydrogens (tertiary/aromatic N) is 2. The van der Waals surface area contributed by atoms with Crippen LogP contribution in [0.3, 0.4) is 0 Å². The SMILES string of the molecule is CCc1ccccc1-n1c(SCC(=O)NC2CCOc3ccccc32)nc2ccccc2c1=O. The summed E-state index contributed by atoms with van der Waals surface area (Å²) in [6.45, 7) is 2.62. The molecule has 172 valence electrons. The van der Waals surface area contributed by atoms with Gasteiger partial charge in [-0.2, -0.15) is 0 Å². The zero-order chi connectivity index (χ0) is 23.5. The van der Waals surface area contributed by atoms with E-state index in [0.717, 1.165) is 35.4 Å². The maximum Gasteiger partial charge on any atom is 0.266 e. The number of thioether (sulfide) groups is 1. The minimum atomic E-state index is -0.132. The minimum absolute atomic E-state index is 0.0920. The van der Waals surface area contributed by atoms with Crippen LogP contribution in [0, 0.1) is 0 Å². The third kappa shape index (κ3) is 4.31. The van der Waals surface area contributed by atoms with E-state index in [0.29, 0.717) is 22.7 Å². The fraction of sp³-hybridized carbons (Fsp3) is 0.222. The molecule has 1 N–H and O–H groups in total. The summed E-state index contributed by atoms with van der Waals surface area (Å²) in [5, 5.41) is 4.19. The summed E-state index contributed by atoms with van der Waals surface area (Å²) < 4.78 is 7.34. The van der Waals surface area contributed by atoms with Crippen molar-refractivity contribution in [2.75, 3.05) is 12.4 Å². The molecule has 3 aromatic carbocycles. The zero-order valence-electron chi connectivity index (χ0n) is 18.9. The summed E-state index contributed by atoms with van der Waals surface area (Å²) in [6.07, 6.45) is 1.50. The first-order valence-electron chi connectivity index (χ1n) is 11.4. The number of hydrogen-bond donors (Lipinski definition) is 1. The molecule has 1 aliphatic rings. The molecule has 1 aromatic heterocycles. The Kier molecular flexibility index (Phi) is 6.36.